The number of H-pyrrole nitrogens is 1. The zero-order valence-corrected chi connectivity index (χ0v) is 12.7. The van der Waals surface area contributed by atoms with Crippen LogP contribution in [0, 0.1) is 5.92 Å². The topological polar surface area (TPSA) is 95.5 Å². The van der Waals surface area contributed by atoms with Crippen LogP contribution in [0.4, 0.5) is 0 Å². The van der Waals surface area contributed by atoms with Crippen LogP contribution >= 0.6 is 0 Å². The van der Waals surface area contributed by atoms with E-state index in [1.165, 1.54) is 0 Å². The predicted molar refractivity (Wildman–Crippen MR) is 81.7 cm³/mol. The van der Waals surface area contributed by atoms with E-state index in [9.17, 15) is 9.59 Å². The maximum atomic E-state index is 12.0. The lowest BCUT2D eigenvalue weighted by Gasteiger charge is -2.16. The van der Waals surface area contributed by atoms with Gasteiger partial charge in [0.15, 0.2) is 0 Å². The number of aromatic amines is 1. The molecule has 1 aliphatic heterocycles. The summed E-state index contributed by atoms with van der Waals surface area (Å²) in [5, 5.41) is 16.0. The smallest absolute Gasteiger partial charge is 0.308 e. The monoisotopic (exact) mass is 315 g/mol. The number of aromatic nitrogens is 2. The lowest BCUT2D eigenvalue weighted by Crippen LogP contribution is -2.25. The maximum absolute atomic E-state index is 12.0. The van der Waals surface area contributed by atoms with Gasteiger partial charge >= 0.3 is 5.97 Å². The number of benzene rings is 1. The first-order valence-electron chi connectivity index (χ1n) is 7.25. The Balaban J connectivity index is 1.78. The molecular weight excluding hydrogens is 298 g/mol. The number of ether oxygens (including phenoxy) is 1. The van der Waals surface area contributed by atoms with Gasteiger partial charge in [-0.05, 0) is 24.3 Å². The number of carboxylic acid groups (broad SMARTS) is 1. The summed E-state index contributed by atoms with van der Waals surface area (Å²) in [6.07, 6.45) is 1.73. The molecule has 0 bridgehead atoms. The zero-order chi connectivity index (χ0) is 16.4. The second-order valence-corrected chi connectivity index (χ2v) is 5.51. The molecule has 7 nitrogen and oxygen atoms in total. The van der Waals surface area contributed by atoms with Crippen LogP contribution in [0.25, 0.3) is 11.3 Å². The highest BCUT2D eigenvalue weighted by Crippen LogP contribution is 2.27. The van der Waals surface area contributed by atoms with Crippen molar-refractivity contribution in [3.8, 4) is 17.0 Å². The van der Waals surface area contributed by atoms with Gasteiger partial charge in [-0.25, -0.2) is 0 Å². The van der Waals surface area contributed by atoms with Crippen LogP contribution in [0.1, 0.15) is 12.0 Å². The minimum Gasteiger partial charge on any atom is -0.497 e. The van der Waals surface area contributed by atoms with Gasteiger partial charge in [0.1, 0.15) is 5.75 Å². The number of rotatable bonds is 5. The third-order valence-electron chi connectivity index (χ3n) is 4.02. The molecule has 23 heavy (non-hydrogen) atoms. The van der Waals surface area contributed by atoms with Gasteiger partial charge in [-0.1, -0.05) is 0 Å². The number of nitrogens with zero attached hydrogens (tertiary/aromatic N) is 2. The minimum absolute atomic E-state index is 0.0606. The van der Waals surface area contributed by atoms with E-state index in [4.69, 9.17) is 9.84 Å². The quantitative estimate of drug-likeness (QED) is 0.872. The number of carbonyl (C=O) groups excluding carboxylic acids is 1. The number of carbonyl (C=O) groups is 2. The molecule has 1 saturated heterocycles. The minimum atomic E-state index is -0.927. The molecule has 1 aromatic heterocycles. The molecule has 0 radical (unpaired) electrons. The van der Waals surface area contributed by atoms with E-state index in [0.29, 0.717) is 6.54 Å². The average molecular weight is 315 g/mol. The molecule has 1 aliphatic rings. The van der Waals surface area contributed by atoms with Gasteiger partial charge in [-0.2, -0.15) is 5.10 Å². The Bertz CT molecular complexity index is 723. The molecule has 3 rings (SSSR count). The zero-order valence-electron chi connectivity index (χ0n) is 12.7. The molecule has 1 aromatic carbocycles. The number of hydrogen-bond donors (Lipinski definition) is 2. The molecule has 0 spiro atoms. The summed E-state index contributed by atoms with van der Waals surface area (Å²) in [5.74, 6) is -0.935. The number of aliphatic carboxylic acids is 1. The molecule has 7 heteroatoms. The average Bonchev–Trinajstić information content (AvgIpc) is 3.15. The van der Waals surface area contributed by atoms with Gasteiger partial charge in [-0.3, -0.25) is 14.7 Å². The van der Waals surface area contributed by atoms with Crippen molar-refractivity contribution in [2.75, 3.05) is 13.7 Å². The molecule has 1 fully saturated rings. The Kier molecular flexibility index (Phi) is 4.01. The van der Waals surface area contributed by atoms with Gasteiger partial charge < -0.3 is 14.7 Å². The predicted octanol–water partition coefficient (Wildman–Crippen LogP) is 1.52. The first-order chi connectivity index (χ1) is 11.1. The first kappa shape index (κ1) is 15.1. The van der Waals surface area contributed by atoms with Crippen molar-refractivity contribution < 1.29 is 19.4 Å². The normalized spacial score (nSPS) is 17.5. The second-order valence-electron chi connectivity index (χ2n) is 5.51. The standard InChI is InChI=1S/C16H17N3O4/c1-23-13-4-2-10(3-5-13)15-12(7-17-18-15)9-19-8-11(16(21)22)6-14(19)20/h2-5,7,11H,6,8-9H2,1H3,(H,17,18)(H,21,22)/t11-/m1/s1. The molecule has 2 N–H and O–H groups in total. The van der Waals surface area contributed by atoms with E-state index in [2.05, 4.69) is 10.2 Å². The fourth-order valence-electron chi connectivity index (χ4n) is 2.73. The number of hydrogen-bond acceptors (Lipinski definition) is 4. The Morgan fingerprint density at radius 2 is 2.17 bits per heavy atom. The molecule has 0 saturated carbocycles. The third-order valence-corrected chi connectivity index (χ3v) is 4.02. The summed E-state index contributed by atoms with van der Waals surface area (Å²) in [4.78, 5) is 24.6. The fourth-order valence-corrected chi connectivity index (χ4v) is 2.73. The molecule has 0 unspecified atom stereocenters. The third kappa shape index (κ3) is 3.03. The highest BCUT2D eigenvalue weighted by atomic mass is 16.5. The number of nitrogens with one attached hydrogen (secondary N) is 1. The Hall–Kier alpha value is -2.83. The van der Waals surface area contributed by atoms with Crippen molar-refractivity contribution >= 4 is 11.9 Å². The maximum Gasteiger partial charge on any atom is 0.308 e. The lowest BCUT2D eigenvalue weighted by molar-refractivity contribution is -0.141. The molecular formula is C16H17N3O4. The molecule has 2 aromatic rings. The Labute approximate surface area is 132 Å². The second kappa shape index (κ2) is 6.12. The van der Waals surface area contributed by atoms with E-state index < -0.39 is 11.9 Å². The van der Waals surface area contributed by atoms with Crippen molar-refractivity contribution in [1.29, 1.82) is 0 Å². The summed E-state index contributed by atoms with van der Waals surface area (Å²) in [6.45, 7) is 0.585. The van der Waals surface area contributed by atoms with E-state index in [1.807, 2.05) is 24.3 Å². The van der Waals surface area contributed by atoms with Crippen LogP contribution in [-0.2, 0) is 16.1 Å². The van der Waals surface area contributed by atoms with Crippen LogP contribution in [-0.4, -0.2) is 45.7 Å². The molecule has 1 atom stereocenters. The Morgan fingerprint density at radius 1 is 1.43 bits per heavy atom. The van der Waals surface area contributed by atoms with Gasteiger partial charge in [0.2, 0.25) is 5.91 Å². The number of likely N-dealkylation sites (tertiary alicyclic amines) is 1. The lowest BCUT2D eigenvalue weighted by atomic mass is 10.1. The van der Waals surface area contributed by atoms with Gasteiger partial charge in [0, 0.05) is 30.6 Å². The van der Waals surface area contributed by atoms with Gasteiger partial charge in [0.05, 0.1) is 24.9 Å². The van der Waals surface area contributed by atoms with E-state index in [1.54, 1.807) is 18.2 Å². The van der Waals surface area contributed by atoms with Crippen molar-refractivity contribution in [2.24, 2.45) is 5.92 Å². The van der Waals surface area contributed by atoms with E-state index in [-0.39, 0.29) is 18.9 Å². The number of amides is 1. The number of methoxy groups -OCH3 is 1. The van der Waals surface area contributed by atoms with Crippen LogP contribution in [0.15, 0.2) is 30.5 Å². The van der Waals surface area contributed by atoms with Crippen LogP contribution in [0.3, 0.4) is 0 Å². The molecule has 1 amide bonds. The first-order valence-corrected chi connectivity index (χ1v) is 7.25. The summed E-state index contributed by atoms with van der Waals surface area (Å²) < 4.78 is 5.14. The van der Waals surface area contributed by atoms with Crippen molar-refractivity contribution in [2.45, 2.75) is 13.0 Å². The highest BCUT2D eigenvalue weighted by Gasteiger charge is 2.34. The summed E-state index contributed by atoms with van der Waals surface area (Å²) >= 11 is 0. The van der Waals surface area contributed by atoms with Crippen LogP contribution in [0.5, 0.6) is 5.75 Å². The van der Waals surface area contributed by atoms with E-state index in [0.717, 1.165) is 22.6 Å². The van der Waals surface area contributed by atoms with E-state index >= 15 is 0 Å². The summed E-state index contributed by atoms with van der Waals surface area (Å²) in [5.41, 5.74) is 2.61. The largest absolute Gasteiger partial charge is 0.497 e. The summed E-state index contributed by atoms with van der Waals surface area (Å²) in [6, 6.07) is 7.51. The van der Waals surface area contributed by atoms with Crippen LogP contribution < -0.4 is 4.74 Å². The van der Waals surface area contributed by atoms with Gasteiger partial charge in [-0.15, -0.1) is 0 Å². The molecule has 120 valence electrons. The van der Waals surface area contributed by atoms with Crippen molar-refractivity contribution in [1.82, 2.24) is 15.1 Å². The van der Waals surface area contributed by atoms with Crippen LogP contribution in [0.2, 0.25) is 0 Å². The molecule has 2 heterocycles. The fraction of sp³-hybridized carbons (Fsp3) is 0.312. The van der Waals surface area contributed by atoms with Gasteiger partial charge in [0.25, 0.3) is 0 Å². The highest BCUT2D eigenvalue weighted by molar-refractivity contribution is 5.86. The Morgan fingerprint density at radius 3 is 2.78 bits per heavy atom. The number of carboxylic acids is 1. The summed E-state index contributed by atoms with van der Waals surface area (Å²) in [7, 11) is 1.61. The molecule has 0 aliphatic carbocycles. The van der Waals surface area contributed by atoms with Crippen molar-refractivity contribution in [3.63, 3.8) is 0 Å². The SMILES string of the molecule is COc1ccc(-c2[nH]ncc2CN2C[C@H](C(=O)O)CC2=O)cc1. The van der Waals surface area contributed by atoms with Crippen molar-refractivity contribution in [3.05, 3.63) is 36.0 Å².